The quantitative estimate of drug-likeness (QED) is 0.882. The molecule has 124 valence electrons. The summed E-state index contributed by atoms with van der Waals surface area (Å²) >= 11 is 0. The molecule has 0 spiro atoms. The van der Waals surface area contributed by atoms with Gasteiger partial charge >= 0.3 is 6.18 Å². The molecule has 1 aliphatic heterocycles. The SMILES string of the molecule is Cc1ccc(C(F)(F)F)cc1NC(=O)CC1CCNCC1.Cl. The Morgan fingerprint density at radius 3 is 2.55 bits per heavy atom. The van der Waals surface area contributed by atoms with Gasteiger partial charge in [-0.3, -0.25) is 4.79 Å². The van der Waals surface area contributed by atoms with Gasteiger partial charge in [0, 0.05) is 12.1 Å². The van der Waals surface area contributed by atoms with Crippen molar-refractivity contribution in [3.05, 3.63) is 29.3 Å². The maximum Gasteiger partial charge on any atom is 0.416 e. The van der Waals surface area contributed by atoms with Crippen LogP contribution in [0.3, 0.4) is 0 Å². The Kier molecular flexibility index (Phi) is 6.68. The molecular weight excluding hydrogens is 317 g/mol. The molecule has 2 rings (SSSR count). The molecule has 22 heavy (non-hydrogen) atoms. The van der Waals surface area contributed by atoms with Crippen LogP contribution in [-0.2, 0) is 11.0 Å². The fraction of sp³-hybridized carbons (Fsp3) is 0.533. The van der Waals surface area contributed by atoms with Gasteiger partial charge in [-0.15, -0.1) is 12.4 Å². The molecular formula is C15H20ClF3N2O. The molecule has 1 amide bonds. The van der Waals surface area contributed by atoms with Crippen molar-refractivity contribution in [3.63, 3.8) is 0 Å². The molecule has 1 aliphatic rings. The molecule has 0 radical (unpaired) electrons. The topological polar surface area (TPSA) is 41.1 Å². The first kappa shape index (κ1) is 18.8. The lowest BCUT2D eigenvalue weighted by molar-refractivity contribution is -0.137. The van der Waals surface area contributed by atoms with Crippen LogP contribution in [-0.4, -0.2) is 19.0 Å². The number of halogens is 4. The zero-order valence-corrected chi connectivity index (χ0v) is 13.1. The molecule has 1 aromatic rings. The standard InChI is InChI=1S/C15H19F3N2O.ClH/c1-10-2-3-12(15(16,17)18)9-13(10)20-14(21)8-11-4-6-19-7-5-11;/h2-3,9,11,19H,4-8H2,1H3,(H,20,21);1H. The number of hydrogen-bond donors (Lipinski definition) is 2. The first-order valence-corrected chi connectivity index (χ1v) is 7.04. The number of aryl methyl sites for hydroxylation is 1. The predicted octanol–water partition coefficient (Wildman–Crippen LogP) is 3.76. The van der Waals surface area contributed by atoms with Crippen molar-refractivity contribution in [2.45, 2.75) is 32.4 Å². The van der Waals surface area contributed by atoms with E-state index < -0.39 is 11.7 Å². The molecule has 3 nitrogen and oxygen atoms in total. The highest BCUT2D eigenvalue weighted by Crippen LogP contribution is 2.32. The number of alkyl halides is 3. The van der Waals surface area contributed by atoms with Crippen LogP contribution in [0.25, 0.3) is 0 Å². The van der Waals surface area contributed by atoms with Crippen molar-refractivity contribution >= 4 is 24.0 Å². The normalized spacial score (nSPS) is 16.0. The first-order valence-electron chi connectivity index (χ1n) is 7.04. The van der Waals surface area contributed by atoms with E-state index in [9.17, 15) is 18.0 Å². The van der Waals surface area contributed by atoms with Gasteiger partial charge in [0.1, 0.15) is 0 Å². The molecule has 0 unspecified atom stereocenters. The number of anilines is 1. The molecule has 1 heterocycles. The predicted molar refractivity (Wildman–Crippen MR) is 82.3 cm³/mol. The van der Waals surface area contributed by atoms with E-state index in [1.165, 1.54) is 6.07 Å². The summed E-state index contributed by atoms with van der Waals surface area (Å²) in [5.74, 6) is 0.0849. The molecule has 0 aliphatic carbocycles. The van der Waals surface area contributed by atoms with Crippen LogP contribution in [0, 0.1) is 12.8 Å². The van der Waals surface area contributed by atoms with Crippen LogP contribution < -0.4 is 10.6 Å². The van der Waals surface area contributed by atoms with Crippen LogP contribution in [0.15, 0.2) is 18.2 Å². The third kappa shape index (κ3) is 5.18. The highest BCUT2D eigenvalue weighted by molar-refractivity contribution is 5.91. The van der Waals surface area contributed by atoms with E-state index in [0.717, 1.165) is 38.1 Å². The van der Waals surface area contributed by atoms with E-state index in [4.69, 9.17) is 0 Å². The molecule has 0 bridgehead atoms. The number of carbonyl (C=O) groups excluding carboxylic acids is 1. The Morgan fingerprint density at radius 1 is 1.32 bits per heavy atom. The summed E-state index contributed by atoms with van der Waals surface area (Å²) in [5.41, 5.74) is 0.121. The average Bonchev–Trinajstić information content (AvgIpc) is 2.41. The lowest BCUT2D eigenvalue weighted by Crippen LogP contribution is -2.30. The van der Waals surface area contributed by atoms with Crippen LogP contribution in [0.2, 0.25) is 0 Å². The summed E-state index contributed by atoms with van der Waals surface area (Å²) in [6, 6.07) is 3.40. The number of amides is 1. The van der Waals surface area contributed by atoms with E-state index in [2.05, 4.69) is 10.6 Å². The van der Waals surface area contributed by atoms with E-state index in [0.29, 0.717) is 17.9 Å². The van der Waals surface area contributed by atoms with Crippen LogP contribution in [0.5, 0.6) is 0 Å². The molecule has 7 heteroatoms. The zero-order valence-electron chi connectivity index (χ0n) is 12.3. The average molecular weight is 337 g/mol. The summed E-state index contributed by atoms with van der Waals surface area (Å²) in [5, 5.41) is 5.82. The number of carbonyl (C=O) groups is 1. The minimum Gasteiger partial charge on any atom is -0.326 e. The molecule has 1 fully saturated rings. The minimum atomic E-state index is -4.40. The third-order valence-corrected chi connectivity index (χ3v) is 3.77. The maximum atomic E-state index is 12.7. The monoisotopic (exact) mass is 336 g/mol. The van der Waals surface area contributed by atoms with Crippen molar-refractivity contribution in [1.82, 2.24) is 5.32 Å². The highest BCUT2D eigenvalue weighted by atomic mass is 35.5. The van der Waals surface area contributed by atoms with Gasteiger partial charge in [0.25, 0.3) is 0 Å². The molecule has 0 aromatic heterocycles. The van der Waals surface area contributed by atoms with Gasteiger partial charge < -0.3 is 10.6 Å². The largest absolute Gasteiger partial charge is 0.416 e. The van der Waals surface area contributed by atoms with Crippen molar-refractivity contribution in [2.24, 2.45) is 5.92 Å². The molecule has 0 atom stereocenters. The van der Waals surface area contributed by atoms with Crippen LogP contribution >= 0.6 is 12.4 Å². The number of benzene rings is 1. The molecule has 1 saturated heterocycles. The van der Waals surface area contributed by atoms with Crippen molar-refractivity contribution in [2.75, 3.05) is 18.4 Å². The smallest absolute Gasteiger partial charge is 0.326 e. The second-order valence-electron chi connectivity index (χ2n) is 5.47. The number of piperidine rings is 1. The van der Waals surface area contributed by atoms with E-state index >= 15 is 0 Å². The van der Waals surface area contributed by atoms with Gasteiger partial charge in [-0.05, 0) is 56.5 Å². The Labute approximate surface area is 134 Å². The number of hydrogen-bond acceptors (Lipinski definition) is 2. The molecule has 2 N–H and O–H groups in total. The van der Waals surface area contributed by atoms with Crippen molar-refractivity contribution < 1.29 is 18.0 Å². The summed E-state index contributed by atoms with van der Waals surface area (Å²) in [6.07, 6.45) is -2.19. The summed E-state index contributed by atoms with van der Waals surface area (Å²) in [4.78, 5) is 12.0. The van der Waals surface area contributed by atoms with Crippen molar-refractivity contribution in [3.8, 4) is 0 Å². The first-order chi connectivity index (χ1) is 9.86. The van der Waals surface area contributed by atoms with E-state index in [1.807, 2.05) is 0 Å². The highest BCUT2D eigenvalue weighted by Gasteiger charge is 2.31. The van der Waals surface area contributed by atoms with Crippen LogP contribution in [0.4, 0.5) is 18.9 Å². The zero-order chi connectivity index (χ0) is 15.5. The summed E-state index contributed by atoms with van der Waals surface area (Å²) < 4.78 is 38.1. The Morgan fingerprint density at radius 2 is 1.95 bits per heavy atom. The van der Waals surface area contributed by atoms with Gasteiger partial charge in [-0.25, -0.2) is 0 Å². The minimum absolute atomic E-state index is 0. The second kappa shape index (κ2) is 7.83. The second-order valence-corrected chi connectivity index (χ2v) is 5.47. The molecule has 0 saturated carbocycles. The van der Waals surface area contributed by atoms with E-state index in [1.54, 1.807) is 6.92 Å². The summed E-state index contributed by atoms with van der Waals surface area (Å²) in [7, 11) is 0. The third-order valence-electron chi connectivity index (χ3n) is 3.77. The molecule has 1 aromatic carbocycles. The van der Waals surface area contributed by atoms with Gasteiger partial charge in [0.05, 0.1) is 5.56 Å². The van der Waals surface area contributed by atoms with Gasteiger partial charge in [-0.1, -0.05) is 6.07 Å². The fourth-order valence-corrected chi connectivity index (χ4v) is 2.48. The van der Waals surface area contributed by atoms with Gasteiger partial charge in [0.2, 0.25) is 5.91 Å². The van der Waals surface area contributed by atoms with Gasteiger partial charge in [-0.2, -0.15) is 13.2 Å². The van der Waals surface area contributed by atoms with E-state index in [-0.39, 0.29) is 24.0 Å². The maximum absolute atomic E-state index is 12.7. The lowest BCUT2D eigenvalue weighted by atomic mass is 9.94. The van der Waals surface area contributed by atoms with Crippen LogP contribution in [0.1, 0.15) is 30.4 Å². The Bertz CT molecular complexity index is 514. The Balaban J connectivity index is 0.00000242. The number of rotatable bonds is 3. The summed E-state index contributed by atoms with van der Waals surface area (Å²) in [6.45, 7) is 3.46. The number of nitrogens with one attached hydrogen (secondary N) is 2. The lowest BCUT2D eigenvalue weighted by Gasteiger charge is -2.22. The Hall–Kier alpha value is -1.27. The fourth-order valence-electron chi connectivity index (χ4n) is 2.48. The van der Waals surface area contributed by atoms with Crippen molar-refractivity contribution in [1.29, 1.82) is 0 Å². The van der Waals surface area contributed by atoms with Gasteiger partial charge in [0.15, 0.2) is 0 Å².